The van der Waals surface area contributed by atoms with Gasteiger partial charge in [0.15, 0.2) is 0 Å². The van der Waals surface area contributed by atoms with Crippen molar-refractivity contribution in [2.75, 3.05) is 20.6 Å². The lowest BCUT2D eigenvalue weighted by atomic mass is 9.93. The molecule has 0 spiro atoms. The summed E-state index contributed by atoms with van der Waals surface area (Å²) in [7, 11) is 3.74. The number of aryl methyl sites for hydroxylation is 1. The van der Waals surface area contributed by atoms with Crippen LogP contribution < -0.4 is 10.1 Å². The first-order valence-corrected chi connectivity index (χ1v) is 7.84. The van der Waals surface area contributed by atoms with Crippen molar-refractivity contribution in [1.82, 2.24) is 10.2 Å². The second-order valence-corrected chi connectivity index (χ2v) is 6.45. The third-order valence-electron chi connectivity index (χ3n) is 3.82. The highest BCUT2D eigenvalue weighted by molar-refractivity contribution is 6.30. The normalized spacial score (nSPS) is 15.6. The molecular weight excluding hydrogens is 312 g/mol. The summed E-state index contributed by atoms with van der Waals surface area (Å²) < 4.78 is 6.04. The highest BCUT2D eigenvalue weighted by Crippen LogP contribution is 2.45. The van der Waals surface area contributed by atoms with E-state index in [0.29, 0.717) is 17.3 Å². The fraction of sp³-hybridized carbons (Fsp3) is 0.278. The number of carbonyl (C=O) groups is 1. The van der Waals surface area contributed by atoms with Crippen molar-refractivity contribution < 1.29 is 9.53 Å². The van der Waals surface area contributed by atoms with E-state index < -0.39 is 0 Å². The van der Waals surface area contributed by atoms with Crippen molar-refractivity contribution in [2.45, 2.75) is 13.0 Å². The van der Waals surface area contributed by atoms with Gasteiger partial charge >= 0.3 is 0 Å². The standard InChI is InChI=1S/C18H19ClN2O2/c1-11-5-4-6-14-17(20-16(22)10-21(2)3)13-8-7-12(19)9-15(13)23-18(11)14/h4-9,17H,10H2,1-3H3,(H,20,22). The molecule has 0 radical (unpaired) electrons. The van der Waals surface area contributed by atoms with Gasteiger partial charge in [-0.3, -0.25) is 4.79 Å². The SMILES string of the molecule is Cc1cccc2c1Oc1cc(Cl)ccc1C2NC(=O)CN(C)C. The highest BCUT2D eigenvalue weighted by Gasteiger charge is 2.29. The summed E-state index contributed by atoms with van der Waals surface area (Å²) in [5, 5.41) is 3.72. The van der Waals surface area contributed by atoms with E-state index in [1.54, 1.807) is 6.07 Å². The summed E-state index contributed by atoms with van der Waals surface area (Å²) in [5.74, 6) is 1.45. The van der Waals surface area contributed by atoms with Crippen LogP contribution in [0.1, 0.15) is 22.7 Å². The number of halogens is 1. The van der Waals surface area contributed by atoms with E-state index in [9.17, 15) is 4.79 Å². The summed E-state index contributed by atoms with van der Waals surface area (Å²) in [5.41, 5.74) is 2.91. The maximum Gasteiger partial charge on any atom is 0.234 e. The average molecular weight is 331 g/mol. The molecule has 1 atom stereocenters. The summed E-state index contributed by atoms with van der Waals surface area (Å²) in [6.45, 7) is 2.33. The molecular formula is C18H19ClN2O2. The van der Waals surface area contributed by atoms with E-state index >= 15 is 0 Å². The number of hydrogen-bond donors (Lipinski definition) is 1. The number of likely N-dealkylation sites (N-methyl/N-ethyl adjacent to an activating group) is 1. The van der Waals surface area contributed by atoms with Crippen molar-refractivity contribution in [3.8, 4) is 11.5 Å². The van der Waals surface area contributed by atoms with E-state index in [-0.39, 0.29) is 11.9 Å². The number of amides is 1. The lowest BCUT2D eigenvalue weighted by molar-refractivity contribution is -0.122. The lowest BCUT2D eigenvalue weighted by Gasteiger charge is -2.30. The van der Waals surface area contributed by atoms with Gasteiger partial charge in [-0.1, -0.05) is 35.9 Å². The van der Waals surface area contributed by atoms with Crippen molar-refractivity contribution >= 4 is 17.5 Å². The molecule has 0 aromatic heterocycles. The molecule has 3 rings (SSSR count). The molecule has 0 saturated carbocycles. The van der Waals surface area contributed by atoms with Crippen LogP contribution in [0.25, 0.3) is 0 Å². The number of nitrogens with one attached hydrogen (secondary N) is 1. The Hall–Kier alpha value is -2.04. The topological polar surface area (TPSA) is 41.6 Å². The first kappa shape index (κ1) is 15.8. The second kappa shape index (κ2) is 6.22. The van der Waals surface area contributed by atoms with Crippen LogP contribution in [0.2, 0.25) is 5.02 Å². The van der Waals surface area contributed by atoms with E-state index in [4.69, 9.17) is 16.3 Å². The largest absolute Gasteiger partial charge is 0.456 e. The maximum atomic E-state index is 12.3. The molecule has 120 valence electrons. The van der Waals surface area contributed by atoms with Gasteiger partial charge in [-0.05, 0) is 38.7 Å². The summed E-state index contributed by atoms with van der Waals surface area (Å²) in [6, 6.07) is 11.2. The predicted molar refractivity (Wildman–Crippen MR) is 91.2 cm³/mol. The minimum Gasteiger partial charge on any atom is -0.456 e. The maximum absolute atomic E-state index is 12.3. The van der Waals surface area contributed by atoms with Gasteiger partial charge in [0.1, 0.15) is 11.5 Å². The van der Waals surface area contributed by atoms with Gasteiger partial charge in [0.2, 0.25) is 5.91 Å². The minimum absolute atomic E-state index is 0.0322. The van der Waals surface area contributed by atoms with E-state index in [1.807, 2.05) is 56.3 Å². The number of ether oxygens (including phenoxy) is 1. The quantitative estimate of drug-likeness (QED) is 0.936. The zero-order chi connectivity index (χ0) is 16.6. The number of benzene rings is 2. The Bertz CT molecular complexity index is 759. The molecule has 1 aliphatic rings. The van der Waals surface area contributed by atoms with Gasteiger partial charge in [0.25, 0.3) is 0 Å². The molecule has 0 saturated heterocycles. The molecule has 4 nitrogen and oxygen atoms in total. The molecule has 1 unspecified atom stereocenters. The predicted octanol–water partition coefficient (Wildman–Crippen LogP) is 3.52. The molecule has 1 amide bonds. The van der Waals surface area contributed by atoms with Crippen LogP contribution in [0.3, 0.4) is 0 Å². The summed E-state index contributed by atoms with van der Waals surface area (Å²) >= 11 is 6.09. The van der Waals surface area contributed by atoms with E-state index in [1.165, 1.54) is 0 Å². The zero-order valence-corrected chi connectivity index (χ0v) is 14.1. The third-order valence-corrected chi connectivity index (χ3v) is 4.05. The Morgan fingerprint density at radius 3 is 2.78 bits per heavy atom. The molecule has 23 heavy (non-hydrogen) atoms. The molecule has 0 fully saturated rings. The van der Waals surface area contributed by atoms with Gasteiger partial charge < -0.3 is 15.0 Å². The zero-order valence-electron chi connectivity index (χ0n) is 13.4. The number of rotatable bonds is 3. The van der Waals surface area contributed by atoms with Crippen LogP contribution in [0.4, 0.5) is 0 Å². The highest BCUT2D eigenvalue weighted by atomic mass is 35.5. The average Bonchev–Trinajstić information content (AvgIpc) is 2.47. The van der Waals surface area contributed by atoms with Gasteiger partial charge in [-0.2, -0.15) is 0 Å². The Labute approximate surface area is 141 Å². The van der Waals surface area contributed by atoms with Crippen LogP contribution in [0.5, 0.6) is 11.5 Å². The molecule has 5 heteroatoms. The molecule has 2 aromatic rings. The van der Waals surface area contributed by atoms with Crippen LogP contribution in [0.15, 0.2) is 36.4 Å². The Balaban J connectivity index is 2.04. The number of para-hydroxylation sites is 1. The first-order chi connectivity index (χ1) is 11.0. The summed E-state index contributed by atoms with van der Waals surface area (Å²) in [6.07, 6.45) is 0. The molecule has 0 aliphatic carbocycles. The van der Waals surface area contributed by atoms with Gasteiger partial charge in [-0.25, -0.2) is 0 Å². The van der Waals surface area contributed by atoms with Gasteiger partial charge in [0, 0.05) is 16.1 Å². The fourth-order valence-corrected chi connectivity index (χ4v) is 2.97. The Morgan fingerprint density at radius 1 is 1.26 bits per heavy atom. The van der Waals surface area contributed by atoms with Crippen molar-refractivity contribution in [1.29, 1.82) is 0 Å². The van der Waals surface area contributed by atoms with Crippen molar-refractivity contribution in [2.24, 2.45) is 0 Å². The van der Waals surface area contributed by atoms with Crippen molar-refractivity contribution in [3.63, 3.8) is 0 Å². The second-order valence-electron chi connectivity index (χ2n) is 6.02. The van der Waals surface area contributed by atoms with E-state index in [0.717, 1.165) is 22.4 Å². The Kier molecular flexibility index (Phi) is 4.28. The van der Waals surface area contributed by atoms with Gasteiger partial charge in [0.05, 0.1) is 12.6 Å². The van der Waals surface area contributed by atoms with Crippen LogP contribution >= 0.6 is 11.6 Å². The summed E-state index contributed by atoms with van der Waals surface area (Å²) in [4.78, 5) is 14.1. The molecule has 1 N–H and O–H groups in total. The van der Waals surface area contributed by atoms with Gasteiger partial charge in [-0.15, -0.1) is 0 Å². The van der Waals surface area contributed by atoms with Crippen LogP contribution in [0, 0.1) is 6.92 Å². The number of nitrogens with zero attached hydrogens (tertiary/aromatic N) is 1. The monoisotopic (exact) mass is 330 g/mol. The molecule has 1 aliphatic heterocycles. The lowest BCUT2D eigenvalue weighted by Crippen LogP contribution is -2.37. The number of fused-ring (bicyclic) bond motifs is 2. The van der Waals surface area contributed by atoms with E-state index in [2.05, 4.69) is 5.32 Å². The molecule has 1 heterocycles. The molecule has 0 bridgehead atoms. The number of carbonyl (C=O) groups excluding carboxylic acids is 1. The van der Waals surface area contributed by atoms with Crippen molar-refractivity contribution in [3.05, 3.63) is 58.1 Å². The van der Waals surface area contributed by atoms with Crippen LogP contribution in [-0.4, -0.2) is 31.4 Å². The minimum atomic E-state index is -0.238. The third kappa shape index (κ3) is 3.19. The smallest absolute Gasteiger partial charge is 0.234 e. The first-order valence-electron chi connectivity index (χ1n) is 7.46. The molecule has 2 aromatic carbocycles. The number of hydrogen-bond acceptors (Lipinski definition) is 3. The fourth-order valence-electron chi connectivity index (χ4n) is 2.80. The Morgan fingerprint density at radius 2 is 2.04 bits per heavy atom. The van der Waals surface area contributed by atoms with Crippen LogP contribution in [-0.2, 0) is 4.79 Å².